The maximum Gasteiger partial charge on any atom is 0.413 e. The lowest BCUT2D eigenvalue weighted by molar-refractivity contribution is 0.102. The molecule has 2 heterocycles. The normalized spacial score (nSPS) is 10.4. The Morgan fingerprint density at radius 1 is 1.14 bits per heavy atom. The highest BCUT2D eigenvalue weighted by molar-refractivity contribution is 6.04. The van der Waals surface area contributed by atoms with Gasteiger partial charge in [-0.25, -0.2) is 4.79 Å². The Morgan fingerprint density at radius 2 is 1.89 bits per heavy atom. The van der Waals surface area contributed by atoms with Crippen molar-refractivity contribution in [2.75, 3.05) is 23.9 Å². The van der Waals surface area contributed by atoms with Gasteiger partial charge in [0, 0.05) is 18.4 Å². The molecule has 8 nitrogen and oxygen atoms in total. The number of carbonyl (C=O) groups excluding carboxylic acids is 2. The monoisotopic (exact) mass is 381 g/mol. The number of amides is 2. The highest BCUT2D eigenvalue weighted by Crippen LogP contribution is 2.19. The van der Waals surface area contributed by atoms with Crippen LogP contribution in [0.2, 0.25) is 0 Å². The first-order valence-corrected chi connectivity index (χ1v) is 8.58. The van der Waals surface area contributed by atoms with Crippen molar-refractivity contribution in [3.63, 3.8) is 0 Å². The number of H-pyrrole nitrogens is 1. The van der Waals surface area contributed by atoms with Crippen molar-refractivity contribution in [1.29, 1.82) is 0 Å². The van der Waals surface area contributed by atoms with Gasteiger partial charge < -0.3 is 19.5 Å². The number of aromatic nitrogens is 1. The molecule has 0 aliphatic rings. The van der Waals surface area contributed by atoms with E-state index in [0.717, 1.165) is 0 Å². The molecule has 0 aliphatic heterocycles. The van der Waals surface area contributed by atoms with Crippen LogP contribution in [0.25, 0.3) is 11.5 Å². The maximum atomic E-state index is 12.4. The molecule has 8 heteroatoms. The molecule has 0 saturated heterocycles. The third-order valence-corrected chi connectivity index (χ3v) is 3.99. The fourth-order valence-corrected chi connectivity index (χ4v) is 2.52. The van der Waals surface area contributed by atoms with Crippen molar-refractivity contribution < 1.29 is 18.7 Å². The Morgan fingerprint density at radius 3 is 2.50 bits per heavy atom. The number of aromatic amines is 1. The van der Waals surface area contributed by atoms with E-state index < -0.39 is 17.6 Å². The lowest BCUT2D eigenvalue weighted by Crippen LogP contribution is -2.27. The zero-order valence-corrected chi connectivity index (χ0v) is 15.4. The van der Waals surface area contributed by atoms with E-state index >= 15 is 0 Å². The second-order valence-corrected chi connectivity index (χ2v) is 5.85. The van der Waals surface area contributed by atoms with Crippen LogP contribution in [0.5, 0.6) is 0 Å². The van der Waals surface area contributed by atoms with Gasteiger partial charge in [-0.15, -0.1) is 0 Å². The Balaban J connectivity index is 1.71. The van der Waals surface area contributed by atoms with Gasteiger partial charge in [0.15, 0.2) is 0 Å². The summed E-state index contributed by atoms with van der Waals surface area (Å²) in [5.74, 6) is -0.0379. The summed E-state index contributed by atoms with van der Waals surface area (Å²) in [6.45, 7) is 2.01. The van der Waals surface area contributed by atoms with Crippen LogP contribution in [-0.2, 0) is 4.74 Å². The van der Waals surface area contributed by atoms with Gasteiger partial charge in [-0.1, -0.05) is 0 Å². The SMILES string of the molecule is CCOC(=O)N(C)c1ccc(NC(=O)c2ccc(-c3ccco3)[nH]c2=O)cc1. The van der Waals surface area contributed by atoms with Crippen molar-refractivity contribution in [2.45, 2.75) is 6.92 Å². The van der Waals surface area contributed by atoms with Gasteiger partial charge in [0.1, 0.15) is 11.3 Å². The van der Waals surface area contributed by atoms with E-state index in [-0.39, 0.29) is 12.2 Å². The molecule has 0 spiro atoms. The summed E-state index contributed by atoms with van der Waals surface area (Å²) in [5, 5.41) is 2.66. The van der Waals surface area contributed by atoms with Crippen molar-refractivity contribution in [3.05, 3.63) is 70.7 Å². The summed E-state index contributed by atoms with van der Waals surface area (Å²) < 4.78 is 10.2. The molecule has 144 valence electrons. The number of pyridine rings is 1. The van der Waals surface area contributed by atoms with Crippen LogP contribution < -0.4 is 15.8 Å². The number of hydrogen-bond donors (Lipinski definition) is 2. The zero-order chi connectivity index (χ0) is 20.1. The van der Waals surface area contributed by atoms with E-state index in [1.54, 1.807) is 56.4 Å². The van der Waals surface area contributed by atoms with Gasteiger partial charge in [-0.3, -0.25) is 14.5 Å². The summed E-state index contributed by atoms with van der Waals surface area (Å²) in [6.07, 6.45) is 1.03. The van der Waals surface area contributed by atoms with E-state index in [1.165, 1.54) is 17.2 Å². The predicted octanol–water partition coefficient (Wildman–Crippen LogP) is 3.48. The van der Waals surface area contributed by atoms with Crippen LogP contribution in [0, 0.1) is 0 Å². The lowest BCUT2D eigenvalue weighted by atomic mass is 10.2. The predicted molar refractivity (Wildman–Crippen MR) is 105 cm³/mol. The van der Waals surface area contributed by atoms with Gasteiger partial charge in [0.25, 0.3) is 11.5 Å². The number of nitrogens with one attached hydrogen (secondary N) is 2. The van der Waals surface area contributed by atoms with Crippen molar-refractivity contribution >= 4 is 23.4 Å². The number of ether oxygens (including phenoxy) is 1. The van der Waals surface area contributed by atoms with E-state index in [1.807, 2.05) is 0 Å². The van der Waals surface area contributed by atoms with Crippen molar-refractivity contribution in [3.8, 4) is 11.5 Å². The third kappa shape index (κ3) is 4.12. The molecular formula is C20H19N3O5. The van der Waals surface area contributed by atoms with Crippen molar-refractivity contribution in [1.82, 2.24) is 4.98 Å². The first-order valence-electron chi connectivity index (χ1n) is 8.58. The first-order chi connectivity index (χ1) is 13.5. The average Bonchev–Trinajstić information content (AvgIpc) is 3.23. The Kier molecular flexibility index (Phi) is 5.59. The summed E-state index contributed by atoms with van der Waals surface area (Å²) in [5.41, 5.74) is 1.03. The molecule has 0 fully saturated rings. The minimum Gasteiger partial charge on any atom is -0.463 e. The van der Waals surface area contributed by atoms with Crippen LogP contribution in [0.1, 0.15) is 17.3 Å². The van der Waals surface area contributed by atoms with Crippen molar-refractivity contribution in [2.24, 2.45) is 0 Å². The lowest BCUT2D eigenvalue weighted by Gasteiger charge is -2.16. The molecule has 3 rings (SSSR count). The number of anilines is 2. The molecule has 3 aromatic rings. The highest BCUT2D eigenvalue weighted by Gasteiger charge is 2.14. The average molecular weight is 381 g/mol. The molecule has 0 radical (unpaired) electrons. The molecule has 0 atom stereocenters. The topological polar surface area (TPSA) is 105 Å². The fourth-order valence-electron chi connectivity index (χ4n) is 2.52. The van der Waals surface area contributed by atoms with Gasteiger partial charge >= 0.3 is 6.09 Å². The van der Waals surface area contributed by atoms with Crippen LogP contribution in [-0.4, -0.2) is 30.6 Å². The Labute approximate surface area is 160 Å². The van der Waals surface area contributed by atoms with E-state index in [2.05, 4.69) is 10.3 Å². The number of benzene rings is 1. The third-order valence-electron chi connectivity index (χ3n) is 3.99. The van der Waals surface area contributed by atoms with Gasteiger partial charge in [-0.05, 0) is 55.5 Å². The van der Waals surface area contributed by atoms with Crippen LogP contribution >= 0.6 is 0 Å². The molecule has 2 N–H and O–H groups in total. The minimum absolute atomic E-state index is 0.0250. The minimum atomic E-state index is -0.543. The molecule has 1 aromatic carbocycles. The molecule has 0 bridgehead atoms. The number of hydrogen-bond acceptors (Lipinski definition) is 5. The van der Waals surface area contributed by atoms with Gasteiger partial charge in [-0.2, -0.15) is 0 Å². The number of furan rings is 1. The van der Waals surface area contributed by atoms with Crippen LogP contribution in [0.4, 0.5) is 16.2 Å². The van der Waals surface area contributed by atoms with Crippen LogP contribution in [0.3, 0.4) is 0 Å². The first kappa shape index (κ1) is 19.0. The molecule has 0 saturated carbocycles. The van der Waals surface area contributed by atoms with E-state index in [4.69, 9.17) is 9.15 Å². The molecule has 2 amide bonds. The van der Waals surface area contributed by atoms with E-state index in [0.29, 0.717) is 22.8 Å². The number of nitrogens with zero attached hydrogens (tertiary/aromatic N) is 1. The quantitative estimate of drug-likeness (QED) is 0.704. The van der Waals surface area contributed by atoms with E-state index in [9.17, 15) is 14.4 Å². The maximum absolute atomic E-state index is 12.4. The molecule has 0 aliphatic carbocycles. The second kappa shape index (κ2) is 8.26. The highest BCUT2D eigenvalue weighted by atomic mass is 16.6. The summed E-state index contributed by atoms with van der Waals surface area (Å²) in [6, 6.07) is 13.1. The Hall–Kier alpha value is -3.81. The molecule has 28 heavy (non-hydrogen) atoms. The second-order valence-electron chi connectivity index (χ2n) is 5.85. The number of carbonyl (C=O) groups is 2. The molecule has 0 unspecified atom stereocenters. The number of rotatable bonds is 5. The van der Waals surface area contributed by atoms with Crippen LogP contribution in [0.15, 0.2) is 64.0 Å². The summed E-state index contributed by atoms with van der Waals surface area (Å²) >= 11 is 0. The largest absolute Gasteiger partial charge is 0.463 e. The molecule has 2 aromatic heterocycles. The fraction of sp³-hybridized carbons (Fsp3) is 0.150. The Bertz CT molecular complexity index is 1020. The molecular weight excluding hydrogens is 362 g/mol. The van der Waals surface area contributed by atoms with Gasteiger partial charge in [0.05, 0.1) is 18.6 Å². The smallest absolute Gasteiger partial charge is 0.413 e. The summed E-state index contributed by atoms with van der Waals surface area (Å²) in [7, 11) is 1.59. The summed E-state index contributed by atoms with van der Waals surface area (Å²) in [4.78, 5) is 40.3. The van der Waals surface area contributed by atoms with Gasteiger partial charge in [0.2, 0.25) is 0 Å². The standard InChI is InChI=1S/C20H19N3O5/c1-3-27-20(26)23(2)14-8-6-13(7-9-14)21-18(24)15-10-11-16(22-19(15)25)17-5-4-12-28-17/h4-12H,3H2,1-2H3,(H,21,24)(H,22,25). The zero-order valence-electron chi connectivity index (χ0n) is 15.4.